The Labute approximate surface area is 215 Å². The van der Waals surface area contributed by atoms with Gasteiger partial charge in [0.25, 0.3) is 0 Å². The lowest BCUT2D eigenvalue weighted by Crippen LogP contribution is -2.47. The Morgan fingerprint density at radius 3 is 2.39 bits per heavy atom. The third-order valence-corrected chi connectivity index (χ3v) is 7.03. The Hall–Kier alpha value is -3.75. The molecule has 4 N–H and O–H groups in total. The zero-order valence-electron chi connectivity index (χ0n) is 20.5. The molecule has 0 saturated carbocycles. The van der Waals surface area contributed by atoms with Crippen molar-refractivity contribution in [1.82, 2.24) is 20.5 Å². The van der Waals surface area contributed by atoms with Crippen LogP contribution in [-0.4, -0.2) is 48.4 Å². The number of nitrogens with zero attached hydrogens (tertiary/aromatic N) is 2. The van der Waals surface area contributed by atoms with E-state index in [1.165, 1.54) is 11.3 Å². The van der Waals surface area contributed by atoms with E-state index < -0.39 is 5.92 Å². The predicted molar refractivity (Wildman–Crippen MR) is 146 cm³/mol. The largest absolute Gasteiger partial charge is 0.375 e. The van der Waals surface area contributed by atoms with Crippen molar-refractivity contribution in [3.8, 4) is 0 Å². The Morgan fingerprint density at radius 2 is 1.67 bits per heavy atom. The lowest BCUT2D eigenvalue weighted by molar-refractivity contribution is -0.126. The van der Waals surface area contributed by atoms with Crippen LogP contribution in [0.4, 0.5) is 5.13 Å². The van der Waals surface area contributed by atoms with E-state index in [0.717, 1.165) is 26.8 Å². The molecule has 7 nitrogen and oxygen atoms in total. The Kier molecular flexibility index (Phi) is 8.30. The molecule has 4 aromatic rings. The van der Waals surface area contributed by atoms with Gasteiger partial charge in [0.05, 0.1) is 18.5 Å². The first-order valence-electron chi connectivity index (χ1n) is 11.9. The van der Waals surface area contributed by atoms with E-state index in [-0.39, 0.29) is 24.4 Å². The van der Waals surface area contributed by atoms with E-state index in [9.17, 15) is 9.59 Å². The molecule has 0 fully saturated rings. The van der Waals surface area contributed by atoms with Gasteiger partial charge in [-0.25, -0.2) is 4.98 Å². The lowest BCUT2D eigenvalue weighted by Gasteiger charge is -2.25. The van der Waals surface area contributed by atoms with E-state index in [2.05, 4.69) is 15.6 Å². The van der Waals surface area contributed by atoms with E-state index in [1.807, 2.05) is 91.8 Å². The summed E-state index contributed by atoms with van der Waals surface area (Å²) < 4.78 is 0. The number of amides is 2. The van der Waals surface area contributed by atoms with Crippen LogP contribution in [0.5, 0.6) is 0 Å². The standard InChI is InChI=1S/C28H31N5O2S/c1-33(2)25(15-19-9-4-3-5-10-19)27(35)31-18-24(26(34)30-16-21-17-32-28(29)36-21)23-14-8-12-20-11-6-7-13-22(20)23/h3-14,17,24-25H,15-16,18H2,1-2H3,(H2,29,32)(H,30,34)(H,31,35)/t24?,25-/m0/s1. The summed E-state index contributed by atoms with van der Waals surface area (Å²) in [5.74, 6) is -0.843. The minimum Gasteiger partial charge on any atom is -0.375 e. The maximum absolute atomic E-state index is 13.5. The highest BCUT2D eigenvalue weighted by Gasteiger charge is 2.26. The first-order valence-corrected chi connectivity index (χ1v) is 12.7. The van der Waals surface area contributed by atoms with Crippen LogP contribution in [0.2, 0.25) is 0 Å². The molecule has 4 rings (SSSR count). The molecule has 2 amide bonds. The molecule has 1 heterocycles. The molecule has 1 unspecified atom stereocenters. The van der Waals surface area contributed by atoms with Gasteiger partial charge in [0.2, 0.25) is 11.8 Å². The summed E-state index contributed by atoms with van der Waals surface area (Å²) in [7, 11) is 3.78. The molecule has 8 heteroatoms. The van der Waals surface area contributed by atoms with Gasteiger partial charge in [-0.2, -0.15) is 0 Å². The molecule has 1 aromatic heterocycles. The van der Waals surface area contributed by atoms with Crippen LogP contribution in [-0.2, 0) is 22.6 Å². The SMILES string of the molecule is CN(C)[C@@H](Cc1ccccc1)C(=O)NCC(C(=O)NCc1cnc(N)s1)c1cccc2ccccc12. The second-order valence-electron chi connectivity index (χ2n) is 8.92. The summed E-state index contributed by atoms with van der Waals surface area (Å²) in [6, 6.07) is 23.5. The number of nitrogens with two attached hydrogens (primary N) is 1. The Morgan fingerprint density at radius 1 is 0.944 bits per heavy atom. The van der Waals surface area contributed by atoms with Crippen LogP contribution in [0.1, 0.15) is 21.9 Å². The van der Waals surface area contributed by atoms with Gasteiger partial charge in [-0.05, 0) is 42.4 Å². The number of fused-ring (bicyclic) bond motifs is 1. The number of hydrogen-bond donors (Lipinski definition) is 3. The zero-order chi connectivity index (χ0) is 25.5. The van der Waals surface area contributed by atoms with Crippen molar-refractivity contribution < 1.29 is 9.59 Å². The van der Waals surface area contributed by atoms with Crippen LogP contribution < -0.4 is 16.4 Å². The minimum atomic E-state index is -0.565. The molecule has 0 bridgehead atoms. The second-order valence-corrected chi connectivity index (χ2v) is 10.1. The first kappa shape index (κ1) is 25.3. The predicted octanol–water partition coefficient (Wildman–Crippen LogP) is 3.57. The van der Waals surface area contributed by atoms with E-state index in [0.29, 0.717) is 18.1 Å². The van der Waals surface area contributed by atoms with Crippen molar-refractivity contribution in [3.05, 3.63) is 95.0 Å². The maximum Gasteiger partial charge on any atom is 0.237 e. The van der Waals surface area contributed by atoms with Gasteiger partial charge in [-0.15, -0.1) is 11.3 Å². The highest BCUT2D eigenvalue weighted by atomic mass is 32.1. The summed E-state index contributed by atoms with van der Waals surface area (Å²) in [6.07, 6.45) is 2.25. The highest BCUT2D eigenvalue weighted by molar-refractivity contribution is 7.15. The number of hydrogen-bond acceptors (Lipinski definition) is 6. The molecular formula is C28H31N5O2S. The van der Waals surface area contributed by atoms with Gasteiger partial charge in [-0.1, -0.05) is 72.8 Å². The second kappa shape index (κ2) is 11.8. The number of rotatable bonds is 10. The van der Waals surface area contributed by atoms with Crippen molar-refractivity contribution >= 4 is 39.1 Å². The fourth-order valence-electron chi connectivity index (χ4n) is 4.27. The van der Waals surface area contributed by atoms with Gasteiger partial charge >= 0.3 is 0 Å². The number of nitrogens with one attached hydrogen (secondary N) is 2. The normalized spacial score (nSPS) is 12.9. The number of aromatic nitrogens is 1. The molecular weight excluding hydrogens is 470 g/mol. The topological polar surface area (TPSA) is 100 Å². The smallest absolute Gasteiger partial charge is 0.237 e. The van der Waals surface area contributed by atoms with Crippen molar-refractivity contribution in [1.29, 1.82) is 0 Å². The first-order chi connectivity index (χ1) is 17.4. The summed E-state index contributed by atoms with van der Waals surface area (Å²) in [5.41, 5.74) is 7.69. The van der Waals surface area contributed by atoms with Gasteiger partial charge in [-0.3, -0.25) is 14.5 Å². The Bertz CT molecular complexity index is 1320. The van der Waals surface area contributed by atoms with E-state index in [4.69, 9.17) is 5.73 Å². The molecule has 0 aliphatic rings. The molecule has 0 saturated heterocycles. The third-order valence-electron chi connectivity index (χ3n) is 6.20. The summed E-state index contributed by atoms with van der Waals surface area (Å²) in [5, 5.41) is 8.56. The molecule has 36 heavy (non-hydrogen) atoms. The van der Waals surface area contributed by atoms with Crippen LogP contribution >= 0.6 is 11.3 Å². The fourth-order valence-corrected chi connectivity index (χ4v) is 4.89. The summed E-state index contributed by atoms with van der Waals surface area (Å²) >= 11 is 1.34. The zero-order valence-corrected chi connectivity index (χ0v) is 21.3. The summed E-state index contributed by atoms with van der Waals surface area (Å²) in [6.45, 7) is 0.514. The molecule has 2 atom stereocenters. The molecule has 0 spiro atoms. The molecule has 0 aliphatic heterocycles. The number of nitrogen functional groups attached to an aromatic ring is 1. The van der Waals surface area contributed by atoms with Crippen LogP contribution in [0.3, 0.4) is 0 Å². The number of carbonyl (C=O) groups excluding carboxylic acids is 2. The van der Waals surface area contributed by atoms with E-state index >= 15 is 0 Å². The third kappa shape index (κ3) is 6.27. The highest BCUT2D eigenvalue weighted by Crippen LogP contribution is 2.26. The quantitative estimate of drug-likeness (QED) is 0.309. The number of likely N-dealkylation sites (N-methyl/N-ethyl adjacent to an activating group) is 1. The van der Waals surface area contributed by atoms with Crippen LogP contribution in [0, 0.1) is 0 Å². The number of thiazole rings is 1. The fraction of sp³-hybridized carbons (Fsp3) is 0.250. The Balaban J connectivity index is 1.54. The van der Waals surface area contributed by atoms with Crippen LogP contribution in [0.25, 0.3) is 10.8 Å². The molecule has 3 aromatic carbocycles. The minimum absolute atomic E-state index is 0.114. The lowest BCUT2D eigenvalue weighted by atomic mass is 9.92. The van der Waals surface area contributed by atoms with Crippen molar-refractivity contribution in [2.24, 2.45) is 0 Å². The molecule has 0 radical (unpaired) electrons. The molecule has 0 aliphatic carbocycles. The van der Waals surface area contributed by atoms with Crippen molar-refractivity contribution in [2.45, 2.75) is 24.9 Å². The number of carbonyl (C=O) groups is 2. The van der Waals surface area contributed by atoms with Gasteiger partial charge in [0.1, 0.15) is 0 Å². The van der Waals surface area contributed by atoms with Gasteiger partial charge in [0.15, 0.2) is 5.13 Å². The van der Waals surface area contributed by atoms with Crippen LogP contribution in [0.15, 0.2) is 79.0 Å². The summed E-state index contributed by atoms with van der Waals surface area (Å²) in [4.78, 5) is 33.6. The van der Waals surface area contributed by atoms with Crippen molar-refractivity contribution in [3.63, 3.8) is 0 Å². The van der Waals surface area contributed by atoms with E-state index in [1.54, 1.807) is 6.20 Å². The number of anilines is 1. The van der Waals surface area contributed by atoms with Gasteiger partial charge in [0, 0.05) is 17.6 Å². The average Bonchev–Trinajstić information content (AvgIpc) is 3.31. The number of benzene rings is 3. The van der Waals surface area contributed by atoms with Gasteiger partial charge < -0.3 is 16.4 Å². The monoisotopic (exact) mass is 501 g/mol. The van der Waals surface area contributed by atoms with Crippen molar-refractivity contribution in [2.75, 3.05) is 26.4 Å². The average molecular weight is 502 g/mol. The maximum atomic E-state index is 13.5. The molecule has 186 valence electrons.